The second-order valence-corrected chi connectivity index (χ2v) is 6.67. The maximum Gasteiger partial charge on any atom is 0.240 e. The summed E-state index contributed by atoms with van der Waals surface area (Å²) in [5.74, 6) is 1.20. The lowest BCUT2D eigenvalue weighted by Gasteiger charge is -2.30. The highest BCUT2D eigenvalue weighted by Crippen LogP contribution is 2.27. The van der Waals surface area contributed by atoms with Crippen molar-refractivity contribution in [2.24, 2.45) is 0 Å². The van der Waals surface area contributed by atoms with Crippen molar-refractivity contribution in [3.05, 3.63) is 47.6 Å². The van der Waals surface area contributed by atoms with Crippen LogP contribution in [0.4, 0.5) is 0 Å². The average molecular weight is 345 g/mol. The van der Waals surface area contributed by atoms with E-state index in [-0.39, 0.29) is 0 Å². The Morgan fingerprint density at radius 2 is 2.12 bits per heavy atom. The van der Waals surface area contributed by atoms with Crippen LogP contribution in [-0.4, -0.2) is 39.8 Å². The minimum atomic E-state index is -0.446. The third-order valence-electron chi connectivity index (χ3n) is 4.80. The number of rotatable bonds is 7. The lowest BCUT2D eigenvalue weighted by Crippen LogP contribution is -2.35. The molecule has 2 atom stereocenters. The molecule has 0 amide bonds. The van der Waals surface area contributed by atoms with E-state index in [9.17, 15) is 5.11 Å². The van der Waals surface area contributed by atoms with E-state index in [1.54, 1.807) is 7.11 Å². The van der Waals surface area contributed by atoms with Gasteiger partial charge < -0.3 is 14.4 Å². The number of nitrogens with zero attached hydrogens (tertiary/aromatic N) is 3. The Morgan fingerprint density at radius 3 is 2.92 bits per heavy atom. The van der Waals surface area contributed by atoms with Crippen molar-refractivity contribution in [3.8, 4) is 0 Å². The monoisotopic (exact) mass is 345 g/mol. The Morgan fingerprint density at radius 1 is 1.28 bits per heavy atom. The van der Waals surface area contributed by atoms with Crippen molar-refractivity contribution in [1.82, 2.24) is 15.0 Å². The molecule has 0 aliphatic carbocycles. The Bertz CT molecular complexity index is 632. The summed E-state index contributed by atoms with van der Waals surface area (Å²) in [5.41, 5.74) is 0.979. The van der Waals surface area contributed by atoms with Crippen molar-refractivity contribution in [2.45, 2.75) is 57.4 Å². The average Bonchev–Trinajstić information content (AvgIpc) is 2.96. The highest BCUT2D eigenvalue weighted by Gasteiger charge is 2.25. The first-order valence-corrected chi connectivity index (χ1v) is 9.03. The molecule has 1 fully saturated rings. The molecular weight excluding hydrogens is 318 g/mol. The molecule has 6 nitrogen and oxygen atoms in total. The van der Waals surface area contributed by atoms with Gasteiger partial charge in [0.05, 0.1) is 12.6 Å². The molecule has 1 aliphatic rings. The third-order valence-corrected chi connectivity index (χ3v) is 4.80. The van der Waals surface area contributed by atoms with Gasteiger partial charge in [0.15, 0.2) is 5.82 Å². The van der Waals surface area contributed by atoms with Gasteiger partial charge in [0.25, 0.3) is 0 Å². The number of aromatic nitrogens is 2. The van der Waals surface area contributed by atoms with Gasteiger partial charge in [0.1, 0.15) is 6.61 Å². The van der Waals surface area contributed by atoms with Crippen LogP contribution in [0, 0.1) is 0 Å². The van der Waals surface area contributed by atoms with E-state index in [2.05, 4.69) is 15.0 Å². The van der Waals surface area contributed by atoms with E-state index >= 15 is 0 Å². The van der Waals surface area contributed by atoms with Gasteiger partial charge in [0, 0.05) is 13.2 Å². The number of likely N-dealkylation sites (tertiary alicyclic amines) is 1. The van der Waals surface area contributed by atoms with E-state index in [1.807, 2.05) is 30.3 Å². The summed E-state index contributed by atoms with van der Waals surface area (Å²) >= 11 is 0. The maximum atomic E-state index is 10.6. The van der Waals surface area contributed by atoms with Crippen molar-refractivity contribution < 1.29 is 14.4 Å². The number of hydrogen-bond donors (Lipinski definition) is 1. The molecule has 2 heterocycles. The van der Waals surface area contributed by atoms with E-state index in [1.165, 1.54) is 12.8 Å². The highest BCUT2D eigenvalue weighted by molar-refractivity contribution is 5.17. The molecule has 1 aromatic carbocycles. The van der Waals surface area contributed by atoms with Crippen LogP contribution in [0.25, 0.3) is 0 Å². The molecule has 1 aliphatic heterocycles. The number of ether oxygens (including phenoxy) is 1. The molecule has 0 radical (unpaired) electrons. The lowest BCUT2D eigenvalue weighted by atomic mass is 9.98. The largest absolute Gasteiger partial charge is 0.388 e. The van der Waals surface area contributed by atoms with Crippen LogP contribution in [0.15, 0.2) is 34.9 Å². The molecule has 1 aromatic heterocycles. The summed E-state index contributed by atoms with van der Waals surface area (Å²) < 4.78 is 10.4. The molecule has 136 valence electrons. The summed E-state index contributed by atoms with van der Waals surface area (Å²) in [7, 11) is 1.62. The normalized spacial score (nSPS) is 20.3. The first-order chi connectivity index (χ1) is 12.3. The molecule has 1 saturated heterocycles. The molecule has 0 spiro atoms. The Labute approximate surface area is 148 Å². The molecule has 2 unspecified atom stereocenters. The molecule has 1 N–H and O–H groups in total. The minimum Gasteiger partial charge on any atom is -0.388 e. The van der Waals surface area contributed by atoms with E-state index in [4.69, 9.17) is 9.26 Å². The van der Waals surface area contributed by atoms with Crippen LogP contribution in [-0.2, 0) is 17.9 Å². The molecule has 2 aromatic rings. The van der Waals surface area contributed by atoms with Crippen LogP contribution in [0.3, 0.4) is 0 Å². The fourth-order valence-electron chi connectivity index (χ4n) is 3.50. The Hall–Kier alpha value is -1.76. The first-order valence-electron chi connectivity index (χ1n) is 9.03. The summed E-state index contributed by atoms with van der Waals surface area (Å²) in [6.07, 6.45) is 4.95. The topological polar surface area (TPSA) is 71.6 Å². The van der Waals surface area contributed by atoms with Crippen molar-refractivity contribution in [1.29, 1.82) is 0 Å². The zero-order valence-corrected chi connectivity index (χ0v) is 14.8. The first kappa shape index (κ1) is 18.0. The van der Waals surface area contributed by atoms with Gasteiger partial charge >= 0.3 is 0 Å². The zero-order chi connectivity index (χ0) is 17.5. The van der Waals surface area contributed by atoms with E-state index in [0.717, 1.165) is 31.4 Å². The van der Waals surface area contributed by atoms with Gasteiger partial charge in [-0.3, -0.25) is 4.90 Å². The van der Waals surface area contributed by atoms with Gasteiger partial charge in [-0.15, -0.1) is 0 Å². The minimum absolute atomic E-state index is 0.315. The van der Waals surface area contributed by atoms with Gasteiger partial charge in [0.2, 0.25) is 5.89 Å². The number of hydrogen-bond acceptors (Lipinski definition) is 6. The predicted octanol–water partition coefficient (Wildman–Crippen LogP) is 3.08. The molecule has 0 bridgehead atoms. The molecule has 3 rings (SSSR count). The maximum absolute atomic E-state index is 10.6. The summed E-state index contributed by atoms with van der Waals surface area (Å²) in [6.45, 7) is 1.98. The summed E-state index contributed by atoms with van der Waals surface area (Å²) in [5, 5.41) is 14.6. The van der Waals surface area contributed by atoms with Crippen molar-refractivity contribution >= 4 is 0 Å². The SMILES string of the molecule is COCc1noc(CN2CCCCCC2CC(O)c2ccccc2)n1. The quantitative estimate of drug-likeness (QED) is 0.831. The van der Waals surface area contributed by atoms with Crippen molar-refractivity contribution in [2.75, 3.05) is 13.7 Å². The third kappa shape index (κ3) is 5.11. The van der Waals surface area contributed by atoms with Crippen LogP contribution >= 0.6 is 0 Å². The Kier molecular flexibility index (Phi) is 6.55. The van der Waals surface area contributed by atoms with Crippen LogP contribution in [0.2, 0.25) is 0 Å². The molecular formula is C19H27N3O3. The number of methoxy groups -OCH3 is 1. The standard InChI is InChI=1S/C19H27N3O3/c1-24-14-18-20-19(25-21-18)13-22-11-7-3-6-10-16(22)12-17(23)15-8-4-2-5-9-15/h2,4-5,8-9,16-17,23H,3,6-7,10-14H2,1H3. The van der Waals surface area contributed by atoms with Crippen LogP contribution in [0.5, 0.6) is 0 Å². The highest BCUT2D eigenvalue weighted by atomic mass is 16.5. The lowest BCUT2D eigenvalue weighted by molar-refractivity contribution is 0.0908. The molecule has 6 heteroatoms. The fraction of sp³-hybridized carbons (Fsp3) is 0.579. The summed E-state index contributed by atoms with van der Waals surface area (Å²) in [4.78, 5) is 6.77. The second kappa shape index (κ2) is 9.08. The van der Waals surface area contributed by atoms with Gasteiger partial charge in [-0.25, -0.2) is 0 Å². The number of aliphatic hydroxyl groups is 1. The molecule has 0 saturated carbocycles. The van der Waals surface area contributed by atoms with Crippen LogP contribution in [0.1, 0.15) is 55.5 Å². The van der Waals surface area contributed by atoms with E-state index in [0.29, 0.717) is 30.9 Å². The number of aliphatic hydroxyl groups excluding tert-OH is 1. The number of benzene rings is 1. The summed E-state index contributed by atoms with van der Waals surface area (Å²) in [6, 6.07) is 10.2. The fourth-order valence-corrected chi connectivity index (χ4v) is 3.50. The van der Waals surface area contributed by atoms with Gasteiger partial charge in [-0.05, 0) is 31.4 Å². The molecule has 25 heavy (non-hydrogen) atoms. The second-order valence-electron chi connectivity index (χ2n) is 6.67. The Balaban J connectivity index is 1.66. The van der Waals surface area contributed by atoms with Gasteiger partial charge in [-0.2, -0.15) is 4.98 Å². The van der Waals surface area contributed by atoms with Gasteiger partial charge in [-0.1, -0.05) is 48.3 Å². The van der Waals surface area contributed by atoms with Crippen LogP contribution < -0.4 is 0 Å². The zero-order valence-electron chi connectivity index (χ0n) is 14.8. The predicted molar refractivity (Wildman–Crippen MR) is 93.7 cm³/mol. The van der Waals surface area contributed by atoms with E-state index < -0.39 is 6.10 Å². The smallest absolute Gasteiger partial charge is 0.240 e. The van der Waals surface area contributed by atoms with Crippen molar-refractivity contribution in [3.63, 3.8) is 0 Å².